The van der Waals surface area contributed by atoms with Crippen molar-refractivity contribution in [2.45, 2.75) is 31.5 Å². The molecule has 1 heterocycles. The number of amides is 1. The number of hydrogen-bond donors (Lipinski definition) is 2. The van der Waals surface area contributed by atoms with Crippen molar-refractivity contribution in [2.75, 3.05) is 5.32 Å². The minimum absolute atomic E-state index is 0.00630. The molecule has 2 rings (SSSR count). The minimum atomic E-state index is -2.46. The lowest BCUT2D eigenvalue weighted by Crippen LogP contribution is -2.52. The van der Waals surface area contributed by atoms with Crippen LogP contribution in [-0.4, -0.2) is 33.0 Å². The summed E-state index contributed by atoms with van der Waals surface area (Å²) in [5.41, 5.74) is -0.795. The zero-order valence-electron chi connectivity index (χ0n) is 11.8. The molecule has 6 heteroatoms. The number of carbonyl (C=O) groups excluding carboxylic acids is 1. The molecule has 1 aliphatic rings. The first-order valence-corrected chi connectivity index (χ1v) is 4.93. The molecule has 2 atom stereocenters. The zero-order chi connectivity index (χ0) is 14.3. The van der Waals surface area contributed by atoms with Crippen molar-refractivity contribution in [2.24, 2.45) is 6.98 Å². The second-order valence-electron chi connectivity index (χ2n) is 4.06. The quantitative estimate of drug-likeness (QED) is 0.726. The number of nitrogens with one attached hydrogen (secondary N) is 1. The minimum Gasteiger partial charge on any atom is -0.469 e. The molecule has 1 saturated carbocycles. The maximum absolute atomic E-state index is 10.5. The zero-order valence-corrected chi connectivity index (χ0v) is 8.80. The van der Waals surface area contributed by atoms with E-state index in [1.807, 2.05) is 0 Å². The highest BCUT2D eigenvalue weighted by molar-refractivity contribution is 5.73. The van der Waals surface area contributed by atoms with Crippen LogP contribution in [0.3, 0.4) is 0 Å². The lowest BCUT2D eigenvalue weighted by molar-refractivity contribution is -0.119. The van der Waals surface area contributed by atoms with Gasteiger partial charge < -0.3 is 15.2 Å². The molecule has 1 fully saturated rings. The number of hydrogen-bond acceptors (Lipinski definition) is 4. The van der Waals surface area contributed by atoms with Crippen molar-refractivity contribution < 1.29 is 18.8 Å². The Morgan fingerprint density at radius 3 is 3.25 bits per heavy atom. The first kappa shape index (κ1) is 7.67. The highest BCUT2D eigenvalue weighted by atomic mass is 16.5. The monoisotopic (exact) mass is 228 g/mol. The van der Waals surface area contributed by atoms with Crippen LogP contribution in [0.2, 0.25) is 0 Å². The highest BCUT2D eigenvalue weighted by Gasteiger charge is 2.43. The van der Waals surface area contributed by atoms with Gasteiger partial charge in [0.15, 0.2) is 0 Å². The van der Waals surface area contributed by atoms with E-state index in [1.54, 1.807) is 6.92 Å². The number of rotatable bonds is 4. The average Bonchev–Trinajstić information content (AvgIpc) is 2.68. The predicted octanol–water partition coefficient (Wildman–Crippen LogP) is 0.281. The SMILES string of the molecule is [2H]C([2H])([2H])n1cc(NC=O)c(O[C@H]2CC[C@@]2(C)O)n1. The molecule has 0 saturated heterocycles. The Labute approximate surface area is 97.4 Å². The fraction of sp³-hybridized carbons (Fsp3) is 0.600. The molecule has 0 bridgehead atoms. The number of aryl methyl sites for hydroxylation is 1. The smallest absolute Gasteiger partial charge is 0.257 e. The molecule has 0 aromatic carbocycles. The molecule has 0 radical (unpaired) electrons. The highest BCUT2D eigenvalue weighted by Crippen LogP contribution is 2.36. The summed E-state index contributed by atoms with van der Waals surface area (Å²) in [5.74, 6) is -0.00630. The van der Waals surface area contributed by atoms with Gasteiger partial charge in [-0.1, -0.05) is 0 Å². The molecule has 0 aliphatic heterocycles. The van der Waals surface area contributed by atoms with Crippen LogP contribution >= 0.6 is 0 Å². The fourth-order valence-corrected chi connectivity index (χ4v) is 1.61. The molecule has 1 aromatic heterocycles. The molecule has 0 unspecified atom stereocenters. The summed E-state index contributed by atoms with van der Waals surface area (Å²) >= 11 is 0. The molecule has 1 aromatic rings. The molecular weight excluding hydrogens is 210 g/mol. The molecule has 6 nitrogen and oxygen atoms in total. The summed E-state index contributed by atoms with van der Waals surface area (Å²) in [7, 11) is 0. The van der Waals surface area contributed by atoms with Gasteiger partial charge in [0, 0.05) is 11.1 Å². The van der Waals surface area contributed by atoms with Crippen LogP contribution in [0.4, 0.5) is 5.69 Å². The summed E-state index contributed by atoms with van der Waals surface area (Å²) in [5, 5.41) is 16.0. The van der Waals surface area contributed by atoms with Gasteiger partial charge in [-0.2, -0.15) is 0 Å². The molecule has 16 heavy (non-hydrogen) atoms. The van der Waals surface area contributed by atoms with Gasteiger partial charge >= 0.3 is 0 Å². The topological polar surface area (TPSA) is 76.4 Å². The third-order valence-corrected chi connectivity index (χ3v) is 2.75. The van der Waals surface area contributed by atoms with Crippen LogP contribution in [0.5, 0.6) is 5.88 Å². The summed E-state index contributed by atoms with van der Waals surface area (Å²) in [4.78, 5) is 10.5. The van der Waals surface area contributed by atoms with Crippen molar-refractivity contribution in [3.63, 3.8) is 0 Å². The van der Waals surface area contributed by atoms with Crippen molar-refractivity contribution in [1.29, 1.82) is 0 Å². The van der Waals surface area contributed by atoms with Crippen molar-refractivity contribution in [3.05, 3.63) is 6.20 Å². The maximum atomic E-state index is 10.5. The number of ether oxygens (including phenoxy) is 1. The third kappa shape index (κ3) is 1.88. The molecular formula is C10H15N3O3. The lowest BCUT2D eigenvalue weighted by Gasteiger charge is -2.41. The first-order valence-electron chi connectivity index (χ1n) is 6.43. The number of nitrogens with zero attached hydrogens (tertiary/aromatic N) is 2. The van der Waals surface area contributed by atoms with Gasteiger partial charge in [0.05, 0.1) is 11.8 Å². The van der Waals surface area contributed by atoms with E-state index in [9.17, 15) is 9.90 Å². The van der Waals surface area contributed by atoms with Gasteiger partial charge in [-0.05, 0) is 19.8 Å². The molecule has 2 N–H and O–H groups in total. The Morgan fingerprint density at radius 1 is 1.94 bits per heavy atom. The van der Waals surface area contributed by atoms with Crippen LogP contribution in [0.15, 0.2) is 6.20 Å². The summed E-state index contributed by atoms with van der Waals surface area (Å²) < 4.78 is 28.0. The summed E-state index contributed by atoms with van der Waals surface area (Å²) in [6.07, 6.45) is 2.37. The van der Waals surface area contributed by atoms with Crippen LogP contribution in [0.1, 0.15) is 23.9 Å². The Bertz CT molecular complexity index is 484. The van der Waals surface area contributed by atoms with Gasteiger partial charge in [-0.25, -0.2) is 0 Å². The van der Waals surface area contributed by atoms with Crippen molar-refractivity contribution in [1.82, 2.24) is 9.78 Å². The largest absolute Gasteiger partial charge is 0.469 e. The van der Waals surface area contributed by atoms with Crippen LogP contribution in [0.25, 0.3) is 0 Å². The van der Waals surface area contributed by atoms with Crippen LogP contribution in [-0.2, 0) is 11.8 Å². The molecule has 1 aliphatic carbocycles. The van der Waals surface area contributed by atoms with Crippen LogP contribution < -0.4 is 10.1 Å². The first-order chi connectivity index (χ1) is 8.74. The normalized spacial score (nSPS) is 31.9. The number of aromatic nitrogens is 2. The predicted molar refractivity (Wildman–Crippen MR) is 57.2 cm³/mol. The van der Waals surface area contributed by atoms with Crippen molar-refractivity contribution in [3.8, 4) is 5.88 Å². The van der Waals surface area contributed by atoms with E-state index in [4.69, 9.17) is 8.85 Å². The van der Waals surface area contributed by atoms with E-state index < -0.39 is 18.7 Å². The number of aliphatic hydroxyl groups is 1. The second kappa shape index (κ2) is 3.79. The Kier molecular flexibility index (Phi) is 1.81. The maximum Gasteiger partial charge on any atom is 0.257 e. The van der Waals surface area contributed by atoms with Gasteiger partial charge in [-0.3, -0.25) is 9.48 Å². The lowest BCUT2D eigenvalue weighted by atomic mass is 9.79. The van der Waals surface area contributed by atoms with E-state index >= 15 is 0 Å². The van der Waals surface area contributed by atoms with Crippen LogP contribution in [0, 0.1) is 0 Å². The Balaban J connectivity index is 2.23. The van der Waals surface area contributed by atoms with Crippen molar-refractivity contribution >= 4 is 12.1 Å². The van der Waals surface area contributed by atoms with E-state index in [0.29, 0.717) is 19.3 Å². The van der Waals surface area contributed by atoms with Gasteiger partial charge in [0.25, 0.3) is 5.88 Å². The van der Waals surface area contributed by atoms with E-state index in [2.05, 4.69) is 10.4 Å². The second-order valence-corrected chi connectivity index (χ2v) is 4.06. The number of carbonyl (C=O) groups is 1. The third-order valence-electron chi connectivity index (χ3n) is 2.75. The van der Waals surface area contributed by atoms with E-state index in [0.717, 1.165) is 4.68 Å². The van der Waals surface area contributed by atoms with E-state index in [1.165, 1.54) is 6.20 Å². The summed E-state index contributed by atoms with van der Waals surface area (Å²) in [6.45, 7) is -0.822. The standard InChI is InChI=1S/C10H15N3O3/c1-10(15)4-3-8(10)16-9-7(11-6-14)5-13(2)12-9/h5-6,8,15H,3-4H2,1-2H3,(H,11,14)/t8-,10+/m0/s1/i2D3. The van der Waals surface area contributed by atoms with Gasteiger partial charge in [0.2, 0.25) is 6.41 Å². The molecule has 88 valence electrons. The Morgan fingerprint density at radius 2 is 2.75 bits per heavy atom. The fourth-order valence-electron chi connectivity index (χ4n) is 1.61. The molecule has 0 spiro atoms. The molecule has 1 amide bonds. The van der Waals surface area contributed by atoms with Gasteiger partial charge in [-0.15, -0.1) is 5.10 Å². The van der Waals surface area contributed by atoms with Gasteiger partial charge in [0.1, 0.15) is 11.8 Å². The number of anilines is 1. The summed E-state index contributed by atoms with van der Waals surface area (Å²) in [6, 6.07) is 0. The average molecular weight is 228 g/mol. The van der Waals surface area contributed by atoms with E-state index in [-0.39, 0.29) is 11.6 Å². The Hall–Kier alpha value is -1.56.